The molecule has 0 radical (unpaired) electrons. The summed E-state index contributed by atoms with van der Waals surface area (Å²) in [5, 5.41) is 0.628. The topological polar surface area (TPSA) is 79.5 Å². The molecular formula is C22H17Br2F3N2O4. The first-order valence-electron chi connectivity index (χ1n) is 9.57. The van der Waals surface area contributed by atoms with E-state index >= 15 is 0 Å². The number of aromatic nitrogens is 1. The van der Waals surface area contributed by atoms with Crippen LogP contribution >= 0.6 is 31.9 Å². The molecule has 0 saturated carbocycles. The lowest BCUT2D eigenvalue weighted by atomic mass is 10.0. The van der Waals surface area contributed by atoms with Gasteiger partial charge in [0.05, 0.1) is 17.4 Å². The van der Waals surface area contributed by atoms with Crippen molar-refractivity contribution in [1.82, 2.24) is 4.98 Å². The molecule has 6 nitrogen and oxygen atoms in total. The molecule has 0 atom stereocenters. The number of amides is 1. The lowest BCUT2D eigenvalue weighted by Gasteiger charge is -2.22. The van der Waals surface area contributed by atoms with E-state index in [0.717, 1.165) is 6.07 Å². The van der Waals surface area contributed by atoms with Crippen LogP contribution in [0.25, 0.3) is 22.0 Å². The largest absolute Gasteiger partial charge is 0.463 e. The van der Waals surface area contributed by atoms with Crippen molar-refractivity contribution in [2.24, 2.45) is 0 Å². The van der Waals surface area contributed by atoms with Crippen LogP contribution in [0.1, 0.15) is 5.56 Å². The Morgan fingerprint density at radius 1 is 1.03 bits per heavy atom. The van der Waals surface area contributed by atoms with E-state index in [0.29, 0.717) is 11.1 Å². The van der Waals surface area contributed by atoms with Gasteiger partial charge in [-0.05, 0) is 29.7 Å². The molecule has 0 fully saturated rings. The predicted octanol–water partition coefficient (Wildman–Crippen LogP) is 4.88. The molecule has 3 aromatic rings. The van der Waals surface area contributed by atoms with Crippen molar-refractivity contribution in [3.63, 3.8) is 0 Å². The molecule has 0 bridgehead atoms. The Balaban J connectivity index is 2.01. The van der Waals surface area contributed by atoms with Crippen LogP contribution in [0.3, 0.4) is 0 Å². The minimum Gasteiger partial charge on any atom is -0.463 e. The minimum atomic E-state index is -4.58. The lowest BCUT2D eigenvalue weighted by Crippen LogP contribution is -2.35. The number of benzene rings is 2. The van der Waals surface area contributed by atoms with Crippen molar-refractivity contribution in [2.45, 2.75) is 6.18 Å². The Kier molecular flexibility index (Phi) is 7.96. The molecule has 2 aromatic carbocycles. The number of H-pyrrole nitrogens is 1. The summed E-state index contributed by atoms with van der Waals surface area (Å²) in [7, 11) is 0. The third kappa shape index (κ3) is 5.83. The van der Waals surface area contributed by atoms with E-state index in [9.17, 15) is 27.6 Å². The van der Waals surface area contributed by atoms with Crippen LogP contribution in [-0.2, 0) is 20.5 Å². The number of ether oxygens (including phenoxy) is 1. The molecule has 0 aliphatic rings. The first kappa shape index (κ1) is 25.0. The Labute approximate surface area is 203 Å². The summed E-state index contributed by atoms with van der Waals surface area (Å²) in [4.78, 5) is 40.3. The first-order chi connectivity index (χ1) is 15.7. The second kappa shape index (κ2) is 10.5. The van der Waals surface area contributed by atoms with Gasteiger partial charge in [-0.1, -0.05) is 56.1 Å². The summed E-state index contributed by atoms with van der Waals surface area (Å²) in [5.41, 5.74) is -1.18. The lowest BCUT2D eigenvalue weighted by molar-refractivity contribution is -0.140. The summed E-state index contributed by atoms with van der Waals surface area (Å²) < 4.78 is 45.2. The maximum Gasteiger partial charge on any atom is 0.417 e. The quantitative estimate of drug-likeness (QED) is 0.315. The summed E-state index contributed by atoms with van der Waals surface area (Å²) >= 11 is 6.08. The van der Waals surface area contributed by atoms with E-state index in [1.807, 2.05) is 0 Å². The van der Waals surface area contributed by atoms with Crippen LogP contribution in [0.15, 0.2) is 53.3 Å². The van der Waals surface area contributed by atoms with E-state index in [1.165, 1.54) is 35.2 Å². The molecule has 174 valence electrons. The van der Waals surface area contributed by atoms with Crippen LogP contribution in [-0.4, -0.2) is 40.7 Å². The molecular weight excluding hydrogens is 573 g/mol. The molecule has 0 saturated heterocycles. The number of carbonyl (C=O) groups is 2. The second-order valence-electron chi connectivity index (χ2n) is 6.86. The number of carbonyl (C=O) groups excluding carboxylic acids is 2. The van der Waals surface area contributed by atoms with Crippen LogP contribution in [0.2, 0.25) is 0 Å². The zero-order valence-corrected chi connectivity index (χ0v) is 20.1. The third-order valence-corrected chi connectivity index (χ3v) is 5.70. The summed E-state index contributed by atoms with van der Waals surface area (Å²) in [6.45, 7) is 0.00829. The summed E-state index contributed by atoms with van der Waals surface area (Å²) in [6.07, 6.45) is -4.58. The van der Waals surface area contributed by atoms with Crippen molar-refractivity contribution in [3.05, 3.63) is 64.4 Å². The Hall–Kier alpha value is -2.66. The van der Waals surface area contributed by atoms with Gasteiger partial charge in [0.15, 0.2) is 0 Å². The molecule has 1 N–H and O–H groups in total. The smallest absolute Gasteiger partial charge is 0.417 e. The highest BCUT2D eigenvalue weighted by Gasteiger charge is 2.33. The van der Waals surface area contributed by atoms with Gasteiger partial charge in [-0.25, -0.2) is 0 Å². The van der Waals surface area contributed by atoms with Gasteiger partial charge in [0, 0.05) is 22.3 Å². The standard InChI is InChI=1S/C22H17Br2F3N2O4/c23-11-19(30)29(7-8-33-20(31)12-24)14-6-5-13-9-18(28-21(32)16(13)10-14)15-3-1-2-4-17(15)22(25,26)27/h1-6,9-10H,7-8,11-12H2,(H,28,32). The third-order valence-electron chi connectivity index (χ3n) is 4.77. The van der Waals surface area contributed by atoms with Crippen molar-refractivity contribution in [2.75, 3.05) is 28.7 Å². The van der Waals surface area contributed by atoms with Gasteiger partial charge in [-0.3, -0.25) is 14.4 Å². The highest BCUT2D eigenvalue weighted by Crippen LogP contribution is 2.36. The average Bonchev–Trinajstić information content (AvgIpc) is 2.80. The van der Waals surface area contributed by atoms with E-state index in [2.05, 4.69) is 36.8 Å². The van der Waals surface area contributed by atoms with E-state index in [-0.39, 0.29) is 46.4 Å². The van der Waals surface area contributed by atoms with Crippen LogP contribution in [0.4, 0.5) is 18.9 Å². The van der Waals surface area contributed by atoms with Gasteiger partial charge in [0.2, 0.25) is 5.91 Å². The molecule has 0 spiro atoms. The Bertz CT molecular complexity index is 1240. The average molecular weight is 590 g/mol. The van der Waals surface area contributed by atoms with Gasteiger partial charge >= 0.3 is 12.1 Å². The molecule has 3 rings (SSSR count). The molecule has 11 heteroatoms. The molecule has 1 aromatic heterocycles. The number of aromatic amines is 1. The van der Waals surface area contributed by atoms with Gasteiger partial charge in [-0.2, -0.15) is 13.2 Å². The van der Waals surface area contributed by atoms with Gasteiger partial charge in [0.1, 0.15) is 11.9 Å². The van der Waals surface area contributed by atoms with Gasteiger partial charge in [-0.15, -0.1) is 0 Å². The van der Waals surface area contributed by atoms with Crippen molar-refractivity contribution >= 4 is 60.2 Å². The normalized spacial score (nSPS) is 11.4. The molecule has 1 heterocycles. The van der Waals surface area contributed by atoms with Gasteiger partial charge < -0.3 is 14.6 Å². The summed E-state index contributed by atoms with van der Waals surface area (Å²) in [6, 6.07) is 11.0. The second-order valence-corrected chi connectivity index (χ2v) is 7.98. The van der Waals surface area contributed by atoms with Crippen molar-refractivity contribution in [1.29, 1.82) is 0 Å². The number of esters is 1. The number of hydrogen-bond donors (Lipinski definition) is 1. The van der Waals surface area contributed by atoms with E-state index in [1.54, 1.807) is 12.1 Å². The van der Waals surface area contributed by atoms with Gasteiger partial charge in [0.25, 0.3) is 5.56 Å². The van der Waals surface area contributed by atoms with E-state index in [4.69, 9.17) is 4.74 Å². The number of hydrogen-bond acceptors (Lipinski definition) is 4. The highest BCUT2D eigenvalue weighted by molar-refractivity contribution is 9.09. The maximum absolute atomic E-state index is 13.4. The van der Waals surface area contributed by atoms with Crippen molar-refractivity contribution < 1.29 is 27.5 Å². The fourth-order valence-corrected chi connectivity index (χ4v) is 3.75. The fraction of sp³-hybridized carbons (Fsp3) is 0.227. The summed E-state index contributed by atoms with van der Waals surface area (Å²) in [5.74, 6) is -0.806. The molecule has 0 unspecified atom stereocenters. The van der Waals surface area contributed by atoms with E-state index < -0.39 is 23.3 Å². The van der Waals surface area contributed by atoms with Crippen LogP contribution in [0.5, 0.6) is 0 Å². The molecule has 0 aliphatic carbocycles. The first-order valence-corrected chi connectivity index (χ1v) is 11.8. The number of nitrogens with one attached hydrogen (secondary N) is 1. The minimum absolute atomic E-state index is 0.000942. The molecule has 1 amide bonds. The van der Waals surface area contributed by atoms with Crippen molar-refractivity contribution in [3.8, 4) is 11.3 Å². The number of nitrogens with zero attached hydrogens (tertiary/aromatic N) is 1. The number of alkyl halides is 5. The maximum atomic E-state index is 13.4. The Morgan fingerprint density at radius 2 is 1.76 bits per heavy atom. The number of halogens is 5. The number of anilines is 1. The highest BCUT2D eigenvalue weighted by atomic mass is 79.9. The van der Waals surface area contributed by atoms with Crippen LogP contribution < -0.4 is 10.5 Å². The predicted molar refractivity (Wildman–Crippen MR) is 126 cm³/mol. The zero-order valence-electron chi connectivity index (χ0n) is 16.9. The molecule has 33 heavy (non-hydrogen) atoms. The Morgan fingerprint density at radius 3 is 2.42 bits per heavy atom. The molecule has 0 aliphatic heterocycles. The monoisotopic (exact) mass is 588 g/mol. The van der Waals surface area contributed by atoms with Crippen LogP contribution in [0, 0.1) is 0 Å². The fourth-order valence-electron chi connectivity index (χ4n) is 3.29. The number of fused-ring (bicyclic) bond motifs is 1. The number of pyridine rings is 1. The zero-order chi connectivity index (χ0) is 24.2. The SMILES string of the molecule is O=C(CBr)OCCN(C(=O)CBr)c1ccc2cc(-c3ccccc3C(F)(F)F)[nH]c(=O)c2c1. The number of rotatable bonds is 7.